The highest BCUT2D eigenvalue weighted by Gasteiger charge is 1.53. The van der Waals surface area contributed by atoms with Gasteiger partial charge in [-0.05, 0) is 0 Å². The molecule has 0 heterocycles. The van der Waals surface area contributed by atoms with Gasteiger partial charge in [-0.3, -0.25) is 0 Å². The lowest BCUT2D eigenvalue weighted by atomic mass is 10.9. The monoisotopic (exact) mass is 84.0 g/mol. The number of nitrogens with two attached hydrogens (primary N) is 1. The third kappa shape index (κ3) is 2.92. The number of hydrazine groups is 1. The van der Waals surface area contributed by atoms with Crippen molar-refractivity contribution < 1.29 is 0 Å². The van der Waals surface area contributed by atoms with Gasteiger partial charge < -0.3 is 0 Å². The van der Waals surface area contributed by atoms with Crippen LogP contribution in [0, 0.1) is 11.3 Å². The Morgan fingerprint density at radius 2 is 2.67 bits per heavy atom. The molecule has 0 unspecified atom stereocenters. The predicted molar refractivity (Wildman–Crippen MR) is 21.4 cm³/mol. The first kappa shape index (κ1) is 4.92. The summed E-state index contributed by atoms with van der Waals surface area (Å²) < 4.78 is 0. The van der Waals surface area contributed by atoms with Crippen molar-refractivity contribution in [2.45, 2.75) is 0 Å². The van der Waals surface area contributed by atoms with Crippen LogP contribution in [0.15, 0.2) is 5.10 Å². The summed E-state index contributed by atoms with van der Waals surface area (Å²) >= 11 is 0. The number of hydrogen-bond acceptors (Lipinski definition) is 4. The second kappa shape index (κ2) is 3.92. The number of nitrogens with one attached hydrogen (secondary N) is 1. The molecule has 3 N–H and O–H groups in total. The van der Waals surface area contributed by atoms with Crippen molar-refractivity contribution in [1.29, 1.82) is 5.26 Å². The minimum atomic E-state index is 1.00. The number of nitriles is 1. The second-order valence-electron chi connectivity index (χ2n) is 0.516. The van der Waals surface area contributed by atoms with E-state index >= 15 is 0 Å². The van der Waals surface area contributed by atoms with Crippen molar-refractivity contribution in [1.82, 2.24) is 5.53 Å². The smallest absolute Gasteiger partial charge is 0.126 e. The maximum atomic E-state index is 7.70. The van der Waals surface area contributed by atoms with E-state index < -0.39 is 0 Å². The topological polar surface area (TPSA) is 74.2 Å². The van der Waals surface area contributed by atoms with Gasteiger partial charge in [0.2, 0.25) is 0 Å². The Hall–Kier alpha value is -1.08. The second-order valence-corrected chi connectivity index (χ2v) is 0.516. The van der Waals surface area contributed by atoms with E-state index in [1.165, 1.54) is 0 Å². The van der Waals surface area contributed by atoms with Crippen LogP contribution in [0.25, 0.3) is 0 Å². The summed E-state index contributed by atoms with van der Waals surface area (Å²) in [5.74, 6) is 4.62. The Kier molecular flexibility index (Phi) is 3.21. The van der Waals surface area contributed by atoms with Crippen LogP contribution in [-0.2, 0) is 0 Å². The van der Waals surface area contributed by atoms with Gasteiger partial charge in [-0.15, -0.1) is 0 Å². The molecule has 6 heavy (non-hydrogen) atoms. The first-order valence-electron chi connectivity index (χ1n) is 1.28. The van der Waals surface area contributed by atoms with Gasteiger partial charge in [0.05, 0.1) is 0 Å². The van der Waals surface area contributed by atoms with Gasteiger partial charge in [0.1, 0.15) is 12.3 Å². The average molecular weight is 84.1 g/mol. The fourth-order valence-electron chi connectivity index (χ4n) is 0.0661. The van der Waals surface area contributed by atoms with Crippen molar-refractivity contribution in [3.63, 3.8) is 0 Å². The molecular formula is C2H4N4. The first-order chi connectivity index (χ1) is 2.91. The average Bonchev–Trinajstić information content (AvgIpc) is 1.61. The highest BCUT2D eigenvalue weighted by Crippen LogP contribution is 1.40. The lowest BCUT2D eigenvalue weighted by Gasteiger charge is -1.75. The van der Waals surface area contributed by atoms with E-state index in [1.807, 2.05) is 5.53 Å². The van der Waals surface area contributed by atoms with Crippen LogP contribution < -0.4 is 11.4 Å². The van der Waals surface area contributed by atoms with E-state index in [2.05, 4.69) is 10.9 Å². The number of nitrogens with zero attached hydrogens (tertiary/aromatic N) is 2. The quantitative estimate of drug-likeness (QED) is 0.242. The highest BCUT2D eigenvalue weighted by molar-refractivity contribution is 5.74. The molecule has 32 valence electrons. The molecule has 0 saturated heterocycles. The minimum absolute atomic E-state index is 1.00. The summed E-state index contributed by atoms with van der Waals surface area (Å²) in [6.45, 7) is 0. The summed E-state index contributed by atoms with van der Waals surface area (Å²) in [4.78, 5) is 0. The van der Waals surface area contributed by atoms with Crippen LogP contribution in [0.1, 0.15) is 0 Å². The van der Waals surface area contributed by atoms with Gasteiger partial charge in [0.25, 0.3) is 0 Å². The van der Waals surface area contributed by atoms with E-state index in [4.69, 9.17) is 5.26 Å². The van der Waals surface area contributed by atoms with Crippen molar-refractivity contribution in [2.24, 2.45) is 10.9 Å². The van der Waals surface area contributed by atoms with Gasteiger partial charge in [-0.2, -0.15) is 10.4 Å². The maximum Gasteiger partial charge on any atom is 0.126 e. The lowest BCUT2D eigenvalue weighted by molar-refractivity contribution is 0.812. The maximum absolute atomic E-state index is 7.70. The van der Waals surface area contributed by atoms with Crippen molar-refractivity contribution in [3.05, 3.63) is 0 Å². The molecule has 0 spiro atoms. The molecule has 0 aromatic heterocycles. The molecule has 0 aliphatic heterocycles. The Bertz CT molecular complexity index is 78.0. The van der Waals surface area contributed by atoms with Crippen molar-refractivity contribution in [3.8, 4) is 6.07 Å². The molecule has 0 bridgehead atoms. The molecule has 0 atom stereocenters. The summed E-state index contributed by atoms with van der Waals surface area (Å²) in [6, 6.07) is 1.63. The number of rotatable bonds is 1. The Morgan fingerprint density at radius 1 is 2.00 bits per heavy atom. The molecule has 0 rings (SSSR count). The fourth-order valence-corrected chi connectivity index (χ4v) is 0.0661. The standard InChI is InChI=1S/C2H4N4/c3-1-2-5-6-4/h2,6H,4H2. The van der Waals surface area contributed by atoms with E-state index in [0.717, 1.165) is 6.21 Å². The van der Waals surface area contributed by atoms with Crippen molar-refractivity contribution in [2.75, 3.05) is 0 Å². The molecule has 0 aromatic rings. The summed E-state index contributed by atoms with van der Waals surface area (Å²) in [6.07, 6.45) is 1.00. The van der Waals surface area contributed by atoms with Crippen LogP contribution in [0.2, 0.25) is 0 Å². The Balaban J connectivity index is 3.02. The van der Waals surface area contributed by atoms with Crippen LogP contribution in [0.4, 0.5) is 0 Å². The lowest BCUT2D eigenvalue weighted by Crippen LogP contribution is -2.13. The molecule has 0 aliphatic rings. The molecular weight excluding hydrogens is 80.0 g/mol. The van der Waals surface area contributed by atoms with Crippen molar-refractivity contribution >= 4 is 6.21 Å². The molecule has 0 amide bonds. The fraction of sp³-hybridized carbons (Fsp3) is 0. The zero-order valence-corrected chi connectivity index (χ0v) is 3.05. The van der Waals surface area contributed by atoms with Gasteiger partial charge in [-0.1, -0.05) is 0 Å². The van der Waals surface area contributed by atoms with Crippen LogP contribution in [0.3, 0.4) is 0 Å². The molecule has 0 aromatic carbocycles. The summed E-state index contributed by atoms with van der Waals surface area (Å²) in [5, 5.41) is 10.8. The molecule has 4 heteroatoms. The molecule has 0 aliphatic carbocycles. The number of hydrazone groups is 1. The minimum Gasteiger partial charge on any atom is -0.245 e. The largest absolute Gasteiger partial charge is 0.245 e. The zero-order chi connectivity index (χ0) is 4.83. The van der Waals surface area contributed by atoms with Crippen LogP contribution >= 0.6 is 0 Å². The van der Waals surface area contributed by atoms with E-state index in [9.17, 15) is 0 Å². The van der Waals surface area contributed by atoms with E-state index in [0.29, 0.717) is 0 Å². The number of hydrogen-bond donors (Lipinski definition) is 2. The van der Waals surface area contributed by atoms with E-state index in [-0.39, 0.29) is 0 Å². The molecule has 0 radical (unpaired) electrons. The highest BCUT2D eigenvalue weighted by atomic mass is 15.5. The molecule has 4 nitrogen and oxygen atoms in total. The SMILES string of the molecule is N#CC=NNN. The third-order valence-electron chi connectivity index (χ3n) is 0.197. The Morgan fingerprint density at radius 3 is 2.83 bits per heavy atom. The zero-order valence-electron chi connectivity index (χ0n) is 3.05. The molecule has 0 fully saturated rings. The third-order valence-corrected chi connectivity index (χ3v) is 0.197. The normalized spacial score (nSPS) is 8.00. The first-order valence-corrected chi connectivity index (χ1v) is 1.28. The van der Waals surface area contributed by atoms with Crippen LogP contribution in [0.5, 0.6) is 0 Å². The summed E-state index contributed by atoms with van der Waals surface area (Å²) in [7, 11) is 0. The summed E-state index contributed by atoms with van der Waals surface area (Å²) in [5.41, 5.74) is 1.92. The van der Waals surface area contributed by atoms with Gasteiger partial charge >= 0.3 is 0 Å². The Labute approximate surface area is 35.2 Å². The van der Waals surface area contributed by atoms with Crippen LogP contribution in [-0.4, -0.2) is 6.21 Å². The molecule has 0 saturated carbocycles. The van der Waals surface area contributed by atoms with Gasteiger partial charge in [0, 0.05) is 0 Å². The van der Waals surface area contributed by atoms with Gasteiger partial charge in [0.15, 0.2) is 0 Å². The van der Waals surface area contributed by atoms with Gasteiger partial charge in [-0.25, -0.2) is 11.4 Å². The van der Waals surface area contributed by atoms with E-state index in [1.54, 1.807) is 6.07 Å². The predicted octanol–water partition coefficient (Wildman–Crippen LogP) is -1.04.